The minimum Gasteiger partial charge on any atom is -0.507 e. The fourth-order valence-corrected chi connectivity index (χ4v) is 4.75. The largest absolute Gasteiger partial charge is 0.507 e. The highest BCUT2D eigenvalue weighted by atomic mass is 35.5. The summed E-state index contributed by atoms with van der Waals surface area (Å²) in [6.07, 6.45) is 6.88. The van der Waals surface area contributed by atoms with E-state index in [-0.39, 0.29) is 41.6 Å². The summed E-state index contributed by atoms with van der Waals surface area (Å²) in [7, 11) is 2.02. The number of nitrogens with one attached hydrogen (secondary N) is 1. The summed E-state index contributed by atoms with van der Waals surface area (Å²) in [5.41, 5.74) is 1.88. The second-order valence-electron chi connectivity index (χ2n) is 9.51. The van der Waals surface area contributed by atoms with Gasteiger partial charge in [0.1, 0.15) is 22.9 Å². The van der Waals surface area contributed by atoms with Crippen molar-refractivity contribution in [2.75, 3.05) is 11.9 Å². The molecule has 0 bridgehead atoms. The van der Waals surface area contributed by atoms with E-state index in [0.29, 0.717) is 28.4 Å². The third-order valence-electron chi connectivity index (χ3n) is 5.69. The van der Waals surface area contributed by atoms with Crippen LogP contribution >= 0.6 is 36.4 Å². The van der Waals surface area contributed by atoms with Crippen molar-refractivity contribution in [3.63, 3.8) is 0 Å². The van der Waals surface area contributed by atoms with Crippen LogP contribution in [0, 0.1) is 0 Å². The first-order valence-corrected chi connectivity index (χ1v) is 10.7. The number of piperidine rings is 1. The van der Waals surface area contributed by atoms with Gasteiger partial charge in [-0.2, -0.15) is 0 Å². The summed E-state index contributed by atoms with van der Waals surface area (Å²) in [6.45, 7) is 8.89. The number of nitrogens with zero attached hydrogens (tertiary/aromatic N) is 6. The molecule has 3 heterocycles. The summed E-state index contributed by atoms with van der Waals surface area (Å²) in [5.74, 6) is 0.660. The molecule has 1 saturated heterocycles. The first-order valence-electron chi connectivity index (χ1n) is 10.3. The monoisotopic (exact) mass is 513 g/mol. The van der Waals surface area contributed by atoms with Crippen LogP contribution in [-0.2, 0) is 0 Å². The number of aromatic hydroxyl groups is 1. The van der Waals surface area contributed by atoms with E-state index in [2.05, 4.69) is 58.1 Å². The van der Waals surface area contributed by atoms with Gasteiger partial charge in [0.2, 0.25) is 5.95 Å². The second kappa shape index (κ2) is 10.0. The van der Waals surface area contributed by atoms with Crippen molar-refractivity contribution < 1.29 is 5.11 Å². The third kappa shape index (κ3) is 6.06. The van der Waals surface area contributed by atoms with Crippen LogP contribution in [-0.4, -0.2) is 54.0 Å². The summed E-state index contributed by atoms with van der Waals surface area (Å²) < 4.78 is 1.73. The zero-order valence-corrected chi connectivity index (χ0v) is 21.7. The Morgan fingerprint density at radius 1 is 1.09 bits per heavy atom. The van der Waals surface area contributed by atoms with Gasteiger partial charge in [0.15, 0.2) is 0 Å². The van der Waals surface area contributed by atoms with E-state index in [0.717, 1.165) is 18.5 Å². The zero-order valence-electron chi connectivity index (χ0n) is 19.3. The van der Waals surface area contributed by atoms with Gasteiger partial charge in [0, 0.05) is 42.0 Å². The number of aromatic nitrogens is 5. The van der Waals surface area contributed by atoms with Crippen LogP contribution in [0.25, 0.3) is 16.9 Å². The number of halogens is 3. The van der Waals surface area contributed by atoms with Gasteiger partial charge in [0.25, 0.3) is 0 Å². The van der Waals surface area contributed by atoms with Gasteiger partial charge in [0.05, 0.1) is 11.9 Å². The smallest absolute Gasteiger partial charge is 0.245 e. The number of benzene rings is 1. The van der Waals surface area contributed by atoms with E-state index in [1.807, 2.05) is 13.1 Å². The molecule has 0 unspecified atom stereocenters. The molecule has 11 heteroatoms. The first-order chi connectivity index (χ1) is 14.5. The van der Waals surface area contributed by atoms with E-state index in [9.17, 15) is 5.11 Å². The normalized spacial score (nSPS) is 17.0. The lowest BCUT2D eigenvalue weighted by molar-refractivity contribution is 0.160. The van der Waals surface area contributed by atoms with Crippen LogP contribution in [0.4, 0.5) is 5.95 Å². The van der Waals surface area contributed by atoms with Crippen molar-refractivity contribution in [1.82, 2.24) is 30.0 Å². The maximum Gasteiger partial charge on any atom is 0.245 e. The number of phenolic OH excluding ortho intramolecular Hbond substituents is 1. The number of rotatable bonds is 4. The van der Waals surface area contributed by atoms with Crippen molar-refractivity contribution in [3.8, 4) is 22.7 Å². The van der Waals surface area contributed by atoms with Gasteiger partial charge in [-0.1, -0.05) is 11.6 Å². The average molecular weight is 515 g/mol. The van der Waals surface area contributed by atoms with Crippen LogP contribution in [0.2, 0.25) is 5.15 Å². The third-order valence-corrected chi connectivity index (χ3v) is 5.88. The number of hydrogen-bond donors (Lipinski definition) is 2. The van der Waals surface area contributed by atoms with E-state index >= 15 is 0 Å². The van der Waals surface area contributed by atoms with Gasteiger partial charge < -0.3 is 19.9 Å². The number of phenols is 1. The van der Waals surface area contributed by atoms with E-state index < -0.39 is 0 Å². The minimum atomic E-state index is 0. The topological polar surface area (TPSA) is 92.0 Å². The molecule has 2 aromatic heterocycles. The maximum atomic E-state index is 10.5. The Kier molecular flexibility index (Phi) is 8.23. The summed E-state index contributed by atoms with van der Waals surface area (Å²) in [4.78, 5) is 10.6. The number of hydrogen-bond acceptors (Lipinski definition) is 7. The molecule has 0 saturated carbocycles. The summed E-state index contributed by atoms with van der Waals surface area (Å²) in [5, 5.41) is 23.3. The van der Waals surface area contributed by atoms with E-state index in [1.165, 1.54) is 0 Å². The molecule has 1 aromatic carbocycles. The Bertz CT molecular complexity index is 1070. The van der Waals surface area contributed by atoms with E-state index in [1.54, 1.807) is 35.4 Å². The van der Waals surface area contributed by atoms with Gasteiger partial charge in [-0.05, 0) is 52.7 Å². The van der Waals surface area contributed by atoms with Gasteiger partial charge in [-0.15, -0.1) is 35.0 Å². The Morgan fingerprint density at radius 2 is 1.76 bits per heavy atom. The van der Waals surface area contributed by atoms with Crippen molar-refractivity contribution in [1.29, 1.82) is 0 Å². The molecule has 1 aliphatic rings. The SMILES string of the molecule is CN(c1ncc(-c2ccc(-n3cnc(Cl)c3)cc2O)nn1)C1CC(C)(C)NC(C)(C)C1.Cl.Cl. The molecule has 0 atom stereocenters. The Morgan fingerprint density at radius 3 is 2.27 bits per heavy atom. The Labute approximate surface area is 211 Å². The lowest BCUT2D eigenvalue weighted by Crippen LogP contribution is -2.62. The lowest BCUT2D eigenvalue weighted by atomic mass is 9.79. The molecular weight excluding hydrogens is 485 g/mol. The highest BCUT2D eigenvalue weighted by molar-refractivity contribution is 6.29. The molecule has 1 fully saturated rings. The molecule has 0 spiro atoms. The molecule has 4 rings (SSSR count). The van der Waals surface area contributed by atoms with Crippen LogP contribution < -0.4 is 10.2 Å². The molecule has 3 aromatic rings. The molecule has 1 aliphatic heterocycles. The Hall–Kier alpha value is -2.13. The fraction of sp³-hybridized carbons (Fsp3) is 0.455. The molecule has 33 heavy (non-hydrogen) atoms. The summed E-state index contributed by atoms with van der Waals surface area (Å²) >= 11 is 5.88. The molecule has 0 amide bonds. The average Bonchev–Trinajstić information content (AvgIpc) is 3.11. The molecule has 8 nitrogen and oxygen atoms in total. The van der Waals surface area contributed by atoms with Crippen LogP contribution in [0.3, 0.4) is 0 Å². The first kappa shape index (κ1) is 27.1. The van der Waals surface area contributed by atoms with Crippen LogP contribution in [0.5, 0.6) is 5.75 Å². The molecule has 180 valence electrons. The number of imidazole rings is 1. The molecular formula is C22H30Cl3N7O. The summed E-state index contributed by atoms with van der Waals surface area (Å²) in [6, 6.07) is 5.57. The second-order valence-corrected chi connectivity index (χ2v) is 9.90. The highest BCUT2D eigenvalue weighted by Crippen LogP contribution is 2.33. The Balaban J connectivity index is 0.00000193. The van der Waals surface area contributed by atoms with E-state index in [4.69, 9.17) is 11.6 Å². The quantitative estimate of drug-likeness (QED) is 0.522. The standard InChI is InChI=1S/C22H28ClN7O.2ClH/c1-21(2)9-15(10-22(3,4)28-21)29(5)20-24-11-17(26-27-20)16-7-6-14(8-18(16)31)30-12-19(23)25-13-30;;/h6-8,11-13,15,28,31H,9-10H2,1-5H3;2*1H. The van der Waals surface area contributed by atoms with Crippen LogP contribution in [0.15, 0.2) is 36.9 Å². The predicted molar refractivity (Wildman–Crippen MR) is 136 cm³/mol. The molecule has 2 N–H and O–H groups in total. The van der Waals surface area contributed by atoms with Gasteiger partial charge in [-0.3, -0.25) is 0 Å². The van der Waals surface area contributed by atoms with Crippen molar-refractivity contribution >= 4 is 42.4 Å². The molecule has 0 aliphatic carbocycles. The van der Waals surface area contributed by atoms with Crippen molar-refractivity contribution in [2.45, 2.75) is 57.7 Å². The lowest BCUT2D eigenvalue weighted by Gasteiger charge is -2.48. The van der Waals surface area contributed by atoms with Gasteiger partial charge >= 0.3 is 0 Å². The highest BCUT2D eigenvalue weighted by Gasteiger charge is 2.39. The number of anilines is 1. The van der Waals surface area contributed by atoms with Crippen molar-refractivity contribution in [2.24, 2.45) is 0 Å². The zero-order chi connectivity index (χ0) is 22.4. The maximum absolute atomic E-state index is 10.5. The molecule has 0 radical (unpaired) electrons. The predicted octanol–water partition coefficient (Wildman–Crippen LogP) is 4.67. The van der Waals surface area contributed by atoms with Crippen molar-refractivity contribution in [3.05, 3.63) is 42.1 Å². The fourth-order valence-electron chi connectivity index (χ4n) is 4.60. The van der Waals surface area contributed by atoms with Gasteiger partial charge in [-0.25, -0.2) is 9.97 Å². The minimum absolute atomic E-state index is 0. The van der Waals surface area contributed by atoms with Crippen LogP contribution in [0.1, 0.15) is 40.5 Å².